The van der Waals surface area contributed by atoms with Crippen LogP contribution in [0.5, 0.6) is 5.88 Å². The van der Waals surface area contributed by atoms with E-state index in [9.17, 15) is 4.79 Å². The normalized spacial score (nSPS) is 11.1. The van der Waals surface area contributed by atoms with Crippen molar-refractivity contribution in [3.05, 3.63) is 40.9 Å². The van der Waals surface area contributed by atoms with E-state index in [1.54, 1.807) is 30.1 Å². The molecule has 3 heterocycles. The van der Waals surface area contributed by atoms with Crippen LogP contribution in [0.1, 0.15) is 13.3 Å². The van der Waals surface area contributed by atoms with Gasteiger partial charge in [0.05, 0.1) is 50.9 Å². The van der Waals surface area contributed by atoms with Crippen molar-refractivity contribution in [1.82, 2.24) is 19.5 Å². The van der Waals surface area contributed by atoms with E-state index in [0.717, 1.165) is 12.0 Å². The number of nitrogens with one attached hydrogen (secondary N) is 1. The number of pyridine rings is 2. The average Bonchev–Trinajstić information content (AvgIpc) is 2.83. The highest BCUT2D eigenvalue weighted by molar-refractivity contribution is 5.80. The maximum atomic E-state index is 13.2. The van der Waals surface area contributed by atoms with Crippen LogP contribution in [0, 0.1) is 0 Å². The second-order valence-corrected chi connectivity index (χ2v) is 6.94. The van der Waals surface area contributed by atoms with Crippen molar-refractivity contribution < 1.29 is 19.3 Å². The Morgan fingerprint density at radius 2 is 1.94 bits per heavy atom. The van der Waals surface area contributed by atoms with Gasteiger partial charge in [-0.2, -0.15) is 0 Å². The molecule has 0 amide bonds. The molecule has 0 aromatic carbocycles. The monoisotopic (exact) mass is 443 g/mol. The Kier molecular flexibility index (Phi) is 8.90. The summed E-state index contributed by atoms with van der Waals surface area (Å²) in [6.07, 6.45) is 4.23. The predicted molar refractivity (Wildman–Crippen MR) is 121 cm³/mol. The van der Waals surface area contributed by atoms with Crippen molar-refractivity contribution in [1.29, 1.82) is 0 Å². The van der Waals surface area contributed by atoms with Gasteiger partial charge in [-0.05, 0) is 18.6 Å². The molecule has 0 unspecified atom stereocenters. The molecule has 172 valence electrons. The number of aliphatic hydroxyl groups is 1. The SMILES string of the molecule is CCCOCCn1c(=O)c(NCCOCCO)nc2cnc(-c3ccc(OC)nc3)cc21. The number of nitrogens with zero attached hydrogens (tertiary/aromatic N) is 4. The quantitative estimate of drug-likeness (QED) is 0.380. The van der Waals surface area contributed by atoms with E-state index in [4.69, 9.17) is 19.3 Å². The van der Waals surface area contributed by atoms with E-state index in [0.29, 0.717) is 55.5 Å². The molecular formula is C22H29N5O5. The minimum atomic E-state index is -0.246. The summed E-state index contributed by atoms with van der Waals surface area (Å²) in [7, 11) is 1.56. The number of rotatable bonds is 13. The number of hydrogen-bond acceptors (Lipinski definition) is 9. The van der Waals surface area contributed by atoms with Crippen molar-refractivity contribution in [2.75, 3.05) is 52.0 Å². The third kappa shape index (κ3) is 6.00. The highest BCUT2D eigenvalue weighted by Crippen LogP contribution is 2.22. The van der Waals surface area contributed by atoms with Crippen LogP contribution in [0.25, 0.3) is 22.3 Å². The van der Waals surface area contributed by atoms with E-state index >= 15 is 0 Å². The lowest BCUT2D eigenvalue weighted by atomic mass is 10.2. The molecular weight excluding hydrogens is 414 g/mol. The summed E-state index contributed by atoms with van der Waals surface area (Å²) in [5.74, 6) is 0.737. The lowest BCUT2D eigenvalue weighted by Crippen LogP contribution is -2.28. The highest BCUT2D eigenvalue weighted by atomic mass is 16.5. The first-order valence-corrected chi connectivity index (χ1v) is 10.6. The number of aromatic nitrogens is 4. The minimum absolute atomic E-state index is 0.0451. The second kappa shape index (κ2) is 12.1. The van der Waals surface area contributed by atoms with Crippen molar-refractivity contribution in [3.63, 3.8) is 0 Å². The molecule has 0 bridgehead atoms. The van der Waals surface area contributed by atoms with Crippen LogP contribution >= 0.6 is 0 Å². The molecule has 0 fully saturated rings. The molecule has 0 aliphatic carbocycles. The third-order valence-corrected chi connectivity index (χ3v) is 4.66. The third-order valence-electron chi connectivity index (χ3n) is 4.66. The second-order valence-electron chi connectivity index (χ2n) is 6.94. The number of fused-ring (bicyclic) bond motifs is 1. The first-order chi connectivity index (χ1) is 15.7. The number of aliphatic hydroxyl groups excluding tert-OH is 1. The van der Waals surface area contributed by atoms with Crippen LogP contribution in [-0.2, 0) is 16.0 Å². The smallest absolute Gasteiger partial charge is 0.293 e. The Hall–Kier alpha value is -3.08. The molecule has 10 heteroatoms. The molecule has 0 saturated heterocycles. The van der Waals surface area contributed by atoms with Gasteiger partial charge in [0.1, 0.15) is 5.52 Å². The Morgan fingerprint density at radius 3 is 2.66 bits per heavy atom. The van der Waals surface area contributed by atoms with E-state index in [2.05, 4.69) is 20.3 Å². The van der Waals surface area contributed by atoms with E-state index in [-0.39, 0.29) is 24.6 Å². The fraction of sp³-hybridized carbons (Fsp3) is 0.455. The van der Waals surface area contributed by atoms with Crippen molar-refractivity contribution in [2.45, 2.75) is 19.9 Å². The summed E-state index contributed by atoms with van der Waals surface area (Å²) in [4.78, 5) is 26.4. The summed E-state index contributed by atoms with van der Waals surface area (Å²) < 4.78 is 17.6. The first-order valence-electron chi connectivity index (χ1n) is 10.6. The van der Waals surface area contributed by atoms with Crippen molar-refractivity contribution in [2.24, 2.45) is 0 Å². The van der Waals surface area contributed by atoms with Crippen LogP contribution in [0.4, 0.5) is 5.82 Å². The lowest BCUT2D eigenvalue weighted by molar-refractivity contribution is 0.0991. The number of ether oxygens (including phenoxy) is 3. The standard InChI is InChI=1S/C22H29N5O5/c1-3-9-31-11-7-27-19-13-17(16-4-5-20(30-2)25-14-16)24-15-18(19)26-21(22(27)29)23-6-10-32-12-8-28/h4-5,13-15,28H,3,6-12H2,1-2H3,(H,23,26). The summed E-state index contributed by atoms with van der Waals surface area (Å²) in [5.41, 5.74) is 2.49. The maximum Gasteiger partial charge on any atom is 0.293 e. The van der Waals surface area contributed by atoms with Crippen molar-refractivity contribution >= 4 is 16.9 Å². The Bertz CT molecular complexity index is 1060. The van der Waals surface area contributed by atoms with E-state index in [1.807, 2.05) is 19.1 Å². The Balaban J connectivity index is 1.93. The Morgan fingerprint density at radius 1 is 1.09 bits per heavy atom. The molecule has 0 radical (unpaired) electrons. The molecule has 3 rings (SSSR count). The van der Waals surface area contributed by atoms with Crippen LogP contribution in [0.3, 0.4) is 0 Å². The molecule has 0 atom stereocenters. The summed E-state index contributed by atoms with van der Waals surface area (Å²) >= 11 is 0. The largest absolute Gasteiger partial charge is 0.481 e. The Labute approximate surface area is 186 Å². The van der Waals surface area contributed by atoms with Gasteiger partial charge in [0, 0.05) is 37.5 Å². The fourth-order valence-electron chi connectivity index (χ4n) is 3.10. The molecule has 2 N–H and O–H groups in total. The van der Waals surface area contributed by atoms with Crippen LogP contribution in [-0.4, -0.2) is 71.3 Å². The van der Waals surface area contributed by atoms with Gasteiger partial charge in [0.2, 0.25) is 5.88 Å². The molecule has 0 aliphatic heterocycles. The van der Waals surface area contributed by atoms with Gasteiger partial charge in [0.25, 0.3) is 5.56 Å². The van der Waals surface area contributed by atoms with Crippen LogP contribution < -0.4 is 15.6 Å². The van der Waals surface area contributed by atoms with E-state index in [1.165, 1.54) is 0 Å². The molecule has 10 nitrogen and oxygen atoms in total. The van der Waals surface area contributed by atoms with Gasteiger partial charge in [-0.1, -0.05) is 6.92 Å². The summed E-state index contributed by atoms with van der Waals surface area (Å²) in [5, 5.41) is 11.8. The summed E-state index contributed by atoms with van der Waals surface area (Å²) in [6.45, 7) is 4.41. The summed E-state index contributed by atoms with van der Waals surface area (Å²) in [6, 6.07) is 5.46. The fourth-order valence-corrected chi connectivity index (χ4v) is 3.10. The van der Waals surface area contributed by atoms with Gasteiger partial charge >= 0.3 is 0 Å². The lowest BCUT2D eigenvalue weighted by Gasteiger charge is -2.14. The molecule has 32 heavy (non-hydrogen) atoms. The maximum absolute atomic E-state index is 13.2. The zero-order valence-electron chi connectivity index (χ0n) is 18.4. The average molecular weight is 444 g/mol. The number of methoxy groups -OCH3 is 1. The van der Waals surface area contributed by atoms with Crippen LogP contribution in [0.2, 0.25) is 0 Å². The first kappa shape index (κ1) is 23.6. The van der Waals surface area contributed by atoms with Gasteiger partial charge in [-0.15, -0.1) is 0 Å². The van der Waals surface area contributed by atoms with Crippen molar-refractivity contribution in [3.8, 4) is 17.1 Å². The highest BCUT2D eigenvalue weighted by Gasteiger charge is 2.13. The molecule has 3 aromatic rings. The van der Waals surface area contributed by atoms with Gasteiger partial charge in [-0.25, -0.2) is 9.97 Å². The number of hydrogen-bond donors (Lipinski definition) is 2. The zero-order chi connectivity index (χ0) is 22.8. The molecule has 3 aromatic heterocycles. The predicted octanol–water partition coefficient (Wildman–Crippen LogP) is 1.71. The molecule has 0 saturated carbocycles. The van der Waals surface area contributed by atoms with Gasteiger partial charge in [0.15, 0.2) is 5.82 Å². The number of anilines is 1. The topological polar surface area (TPSA) is 121 Å². The van der Waals surface area contributed by atoms with E-state index < -0.39 is 0 Å². The zero-order valence-corrected chi connectivity index (χ0v) is 18.4. The van der Waals surface area contributed by atoms with Gasteiger partial charge < -0.3 is 29.2 Å². The van der Waals surface area contributed by atoms with Crippen LogP contribution in [0.15, 0.2) is 35.4 Å². The van der Waals surface area contributed by atoms with Gasteiger partial charge in [-0.3, -0.25) is 9.78 Å². The minimum Gasteiger partial charge on any atom is -0.481 e. The molecule has 0 spiro atoms. The molecule has 0 aliphatic rings.